The summed E-state index contributed by atoms with van der Waals surface area (Å²) < 4.78 is 6.63. The predicted molar refractivity (Wildman–Crippen MR) is 252 cm³/mol. The third kappa shape index (κ3) is 5.21. The summed E-state index contributed by atoms with van der Waals surface area (Å²) >= 11 is 0. The van der Waals surface area contributed by atoms with Gasteiger partial charge >= 0.3 is 0 Å². The molecule has 282 valence electrons. The minimum atomic E-state index is 0.584. The van der Waals surface area contributed by atoms with Crippen molar-refractivity contribution in [3.05, 3.63) is 194 Å². The van der Waals surface area contributed by atoms with Crippen molar-refractivity contribution in [2.45, 2.75) is 0 Å². The maximum atomic E-state index is 6.63. The molecule has 0 unspecified atom stereocenters. The molecule has 0 N–H and O–H groups in total. The normalized spacial score (nSPS) is 11.9. The average molecular weight is 777 g/mol. The predicted octanol–water partition coefficient (Wildman–Crippen LogP) is 14.8. The Hall–Kier alpha value is -8.28. The van der Waals surface area contributed by atoms with Crippen LogP contribution in [0, 0.1) is 0 Å². The molecule has 5 nitrogen and oxygen atoms in total. The van der Waals surface area contributed by atoms with Gasteiger partial charge in [-0.1, -0.05) is 158 Å². The lowest BCUT2D eigenvalue weighted by Gasteiger charge is -2.15. The fourth-order valence-electron chi connectivity index (χ4n) is 9.47. The first kappa shape index (κ1) is 33.7. The van der Waals surface area contributed by atoms with Crippen LogP contribution in [0.3, 0.4) is 0 Å². The summed E-state index contributed by atoms with van der Waals surface area (Å²) in [6.45, 7) is 0. The molecule has 3 aromatic heterocycles. The van der Waals surface area contributed by atoms with Gasteiger partial charge in [-0.3, -0.25) is 0 Å². The van der Waals surface area contributed by atoms with Crippen LogP contribution in [-0.4, -0.2) is 19.9 Å². The lowest BCUT2D eigenvalue weighted by atomic mass is 9.95. The molecule has 0 atom stereocenters. The molecule has 0 radical (unpaired) electrons. The molecule has 0 bridgehead atoms. The minimum absolute atomic E-state index is 0.584. The van der Waals surface area contributed by atoms with Gasteiger partial charge in [-0.15, -0.1) is 0 Å². The SMILES string of the molecule is c1cc(-c2nc(-c3cc4ccccc4c4ccccc34)nc(-c3cc4ccccc4c4ccccc34)n2)cc(-c2nc3ccccc3c3c2ccc2c4ccccc4oc23)c1. The van der Waals surface area contributed by atoms with Crippen LogP contribution in [-0.2, 0) is 0 Å². The van der Waals surface area contributed by atoms with E-state index in [1.165, 1.54) is 10.8 Å². The number of fused-ring (bicyclic) bond motifs is 13. The average Bonchev–Trinajstić information content (AvgIpc) is 3.72. The lowest BCUT2D eigenvalue weighted by molar-refractivity contribution is 0.673. The number of aromatic nitrogens is 4. The smallest absolute Gasteiger partial charge is 0.164 e. The molecule has 0 amide bonds. The Bertz CT molecular complexity index is 3820. The first-order chi connectivity index (χ1) is 30.2. The number of rotatable bonds is 4. The fourth-order valence-corrected chi connectivity index (χ4v) is 9.47. The molecule has 0 aliphatic carbocycles. The van der Waals surface area contributed by atoms with Gasteiger partial charge < -0.3 is 4.42 Å². The van der Waals surface area contributed by atoms with Crippen molar-refractivity contribution in [1.82, 2.24) is 19.9 Å². The monoisotopic (exact) mass is 776 g/mol. The topological polar surface area (TPSA) is 64.7 Å². The molecule has 10 aromatic carbocycles. The van der Waals surface area contributed by atoms with E-state index in [1.807, 2.05) is 18.2 Å². The molecule has 3 heterocycles. The maximum Gasteiger partial charge on any atom is 0.164 e. The molecule has 61 heavy (non-hydrogen) atoms. The molecule has 0 aliphatic heterocycles. The third-order valence-electron chi connectivity index (χ3n) is 12.3. The van der Waals surface area contributed by atoms with Gasteiger partial charge in [-0.25, -0.2) is 19.9 Å². The van der Waals surface area contributed by atoms with Crippen LogP contribution in [0.5, 0.6) is 0 Å². The van der Waals surface area contributed by atoms with E-state index in [2.05, 4.69) is 176 Å². The number of furan rings is 1. The van der Waals surface area contributed by atoms with Crippen molar-refractivity contribution >= 4 is 86.7 Å². The van der Waals surface area contributed by atoms with Gasteiger partial charge in [-0.2, -0.15) is 0 Å². The van der Waals surface area contributed by atoms with Crippen LogP contribution in [0.1, 0.15) is 0 Å². The number of benzene rings is 10. The molecular formula is C56H32N4O. The molecule has 0 saturated heterocycles. The number of hydrogen-bond donors (Lipinski definition) is 0. The summed E-state index contributed by atoms with van der Waals surface area (Å²) in [6, 6.07) is 67.9. The summed E-state index contributed by atoms with van der Waals surface area (Å²) in [5.41, 5.74) is 7.24. The van der Waals surface area contributed by atoms with E-state index < -0.39 is 0 Å². The van der Waals surface area contributed by atoms with Crippen molar-refractivity contribution < 1.29 is 4.42 Å². The van der Waals surface area contributed by atoms with Crippen LogP contribution < -0.4 is 0 Å². The molecular weight excluding hydrogens is 745 g/mol. The summed E-state index contributed by atoms with van der Waals surface area (Å²) in [7, 11) is 0. The van der Waals surface area contributed by atoms with Gasteiger partial charge in [0.2, 0.25) is 0 Å². The van der Waals surface area contributed by atoms with E-state index in [-0.39, 0.29) is 0 Å². The first-order valence-electron chi connectivity index (χ1n) is 20.5. The standard InChI is InChI=1S/C56H32N4O/c1-3-18-37-33(14-1)31-47(41-22-7-5-20-39(37)41)55-58-54(59-56(60-55)48-32-34-15-2-4-19-38(34)40-21-6-8-23-42(40)48)36-17-13-16-35(30-36)52-46-29-28-44-43-24-10-12-27-50(43)61-53(44)51(46)45-25-9-11-26-49(45)57-52/h1-32H. The second-order valence-electron chi connectivity index (χ2n) is 15.7. The summed E-state index contributed by atoms with van der Waals surface area (Å²) in [5.74, 6) is 1.82. The molecule has 0 aliphatic rings. The second-order valence-corrected chi connectivity index (χ2v) is 15.7. The minimum Gasteiger partial charge on any atom is -0.455 e. The Morgan fingerprint density at radius 2 is 0.820 bits per heavy atom. The molecule has 13 aromatic rings. The van der Waals surface area contributed by atoms with Gasteiger partial charge in [0, 0.05) is 49.2 Å². The van der Waals surface area contributed by atoms with Gasteiger partial charge in [0.25, 0.3) is 0 Å². The van der Waals surface area contributed by atoms with E-state index in [0.717, 1.165) is 104 Å². The van der Waals surface area contributed by atoms with E-state index in [1.54, 1.807) is 0 Å². The largest absolute Gasteiger partial charge is 0.455 e. The number of nitrogens with zero attached hydrogens (tertiary/aromatic N) is 4. The first-order valence-corrected chi connectivity index (χ1v) is 20.5. The zero-order valence-corrected chi connectivity index (χ0v) is 32.7. The van der Waals surface area contributed by atoms with Crippen LogP contribution in [0.25, 0.3) is 132 Å². The van der Waals surface area contributed by atoms with Gasteiger partial charge in [0.15, 0.2) is 17.5 Å². The van der Waals surface area contributed by atoms with Crippen LogP contribution in [0.4, 0.5) is 0 Å². The molecule has 0 fully saturated rings. The van der Waals surface area contributed by atoms with Gasteiger partial charge in [0.05, 0.1) is 11.2 Å². The highest BCUT2D eigenvalue weighted by Gasteiger charge is 2.21. The Morgan fingerprint density at radius 3 is 1.49 bits per heavy atom. The highest BCUT2D eigenvalue weighted by molar-refractivity contribution is 6.25. The molecule has 0 spiro atoms. The van der Waals surface area contributed by atoms with Crippen LogP contribution in [0.2, 0.25) is 0 Å². The summed E-state index contributed by atoms with van der Waals surface area (Å²) in [4.78, 5) is 21.4. The molecule has 5 heteroatoms. The van der Waals surface area contributed by atoms with E-state index in [0.29, 0.717) is 17.5 Å². The lowest BCUT2D eigenvalue weighted by Crippen LogP contribution is -2.01. The van der Waals surface area contributed by atoms with Crippen LogP contribution >= 0.6 is 0 Å². The van der Waals surface area contributed by atoms with E-state index in [4.69, 9.17) is 24.4 Å². The number of pyridine rings is 1. The van der Waals surface area contributed by atoms with Gasteiger partial charge in [0.1, 0.15) is 11.2 Å². The highest BCUT2D eigenvalue weighted by Crippen LogP contribution is 2.42. The third-order valence-corrected chi connectivity index (χ3v) is 12.3. The molecule has 0 saturated carbocycles. The van der Waals surface area contributed by atoms with Crippen molar-refractivity contribution in [2.24, 2.45) is 0 Å². The van der Waals surface area contributed by atoms with Crippen molar-refractivity contribution in [3.63, 3.8) is 0 Å². The zero-order valence-electron chi connectivity index (χ0n) is 32.7. The fraction of sp³-hybridized carbons (Fsp3) is 0. The highest BCUT2D eigenvalue weighted by atomic mass is 16.3. The molecule has 13 rings (SSSR count). The van der Waals surface area contributed by atoms with Crippen molar-refractivity contribution in [1.29, 1.82) is 0 Å². The van der Waals surface area contributed by atoms with E-state index in [9.17, 15) is 0 Å². The quantitative estimate of drug-likeness (QED) is 0.167. The number of hydrogen-bond acceptors (Lipinski definition) is 5. The zero-order chi connectivity index (χ0) is 40.0. The number of para-hydroxylation sites is 2. The van der Waals surface area contributed by atoms with E-state index >= 15 is 0 Å². The van der Waals surface area contributed by atoms with Gasteiger partial charge in [-0.05, 0) is 79.5 Å². The summed E-state index contributed by atoms with van der Waals surface area (Å²) in [5, 5.41) is 14.5. The Morgan fingerprint density at radius 1 is 0.311 bits per heavy atom. The van der Waals surface area contributed by atoms with Crippen molar-refractivity contribution in [2.75, 3.05) is 0 Å². The summed E-state index contributed by atoms with van der Waals surface area (Å²) in [6.07, 6.45) is 0. The Balaban J connectivity index is 1.08. The second kappa shape index (κ2) is 13.1. The Labute approximate surface area is 349 Å². The Kier molecular flexibility index (Phi) is 7.24. The van der Waals surface area contributed by atoms with Crippen molar-refractivity contribution in [3.8, 4) is 45.4 Å². The van der Waals surface area contributed by atoms with Crippen LogP contribution in [0.15, 0.2) is 199 Å². The maximum absolute atomic E-state index is 6.63.